The van der Waals surface area contributed by atoms with Crippen LogP contribution in [0, 0.1) is 11.8 Å². The van der Waals surface area contributed by atoms with Crippen molar-refractivity contribution in [2.24, 2.45) is 11.8 Å². The molecule has 0 aromatic heterocycles. The molecule has 0 saturated heterocycles. The van der Waals surface area contributed by atoms with Crippen LogP contribution in [-0.2, 0) is 65.4 Å². The topological polar surface area (TPSA) is 237 Å². The number of carbonyl (C=O) groups excluding carboxylic acids is 4. The Labute approximate surface area is 626 Å². The summed E-state index contributed by atoms with van der Waals surface area (Å²) in [7, 11) is -9.92. The van der Waals surface area contributed by atoms with E-state index in [1.807, 2.05) is 0 Å². The molecule has 2 unspecified atom stereocenters. The number of carbonyl (C=O) groups is 4. The molecule has 0 spiro atoms. The highest BCUT2D eigenvalue weighted by atomic mass is 31.2. The van der Waals surface area contributed by atoms with Crippen molar-refractivity contribution in [1.29, 1.82) is 0 Å². The van der Waals surface area contributed by atoms with E-state index in [-0.39, 0.29) is 25.7 Å². The molecule has 5 atom stereocenters. The number of aliphatic hydroxyl groups is 1. The lowest BCUT2D eigenvalue weighted by molar-refractivity contribution is -0.161. The van der Waals surface area contributed by atoms with E-state index in [9.17, 15) is 43.2 Å². The molecular formula is C83H162O17P2. The lowest BCUT2D eigenvalue weighted by atomic mass is 10.0. The minimum absolute atomic E-state index is 0.107. The highest BCUT2D eigenvalue weighted by Crippen LogP contribution is 2.45. The first-order chi connectivity index (χ1) is 49.4. The van der Waals surface area contributed by atoms with Crippen LogP contribution in [0.1, 0.15) is 440 Å². The van der Waals surface area contributed by atoms with Crippen LogP contribution in [0.25, 0.3) is 0 Å². The number of ether oxygens (including phenoxy) is 4. The minimum Gasteiger partial charge on any atom is -0.462 e. The molecule has 102 heavy (non-hydrogen) atoms. The minimum atomic E-state index is -4.96. The third-order valence-corrected chi connectivity index (χ3v) is 21.4. The van der Waals surface area contributed by atoms with Crippen LogP contribution >= 0.6 is 15.6 Å². The monoisotopic (exact) mass is 1490 g/mol. The predicted molar refractivity (Wildman–Crippen MR) is 418 cm³/mol. The average molecular weight is 1490 g/mol. The second-order valence-corrected chi connectivity index (χ2v) is 33.7. The fourth-order valence-electron chi connectivity index (χ4n) is 12.9. The number of phosphoric ester groups is 2. The summed E-state index contributed by atoms with van der Waals surface area (Å²) in [5.74, 6) is -0.548. The summed E-state index contributed by atoms with van der Waals surface area (Å²) in [5.41, 5.74) is 0. The summed E-state index contributed by atoms with van der Waals surface area (Å²) in [6, 6.07) is 0. The number of rotatable bonds is 82. The summed E-state index contributed by atoms with van der Waals surface area (Å²) >= 11 is 0. The van der Waals surface area contributed by atoms with Crippen LogP contribution in [-0.4, -0.2) is 96.7 Å². The van der Waals surface area contributed by atoms with Crippen molar-refractivity contribution >= 4 is 39.5 Å². The normalized spacial score (nSPS) is 13.9. The van der Waals surface area contributed by atoms with E-state index < -0.39 is 97.5 Å². The molecule has 0 aliphatic rings. The van der Waals surface area contributed by atoms with E-state index in [2.05, 4.69) is 41.5 Å². The van der Waals surface area contributed by atoms with Gasteiger partial charge in [0.15, 0.2) is 12.2 Å². The van der Waals surface area contributed by atoms with Gasteiger partial charge in [-0.15, -0.1) is 0 Å². The van der Waals surface area contributed by atoms with Crippen molar-refractivity contribution in [3.05, 3.63) is 0 Å². The van der Waals surface area contributed by atoms with Crippen molar-refractivity contribution < 1.29 is 80.2 Å². The molecule has 0 aliphatic heterocycles. The van der Waals surface area contributed by atoms with Gasteiger partial charge in [-0.05, 0) is 37.5 Å². The fourth-order valence-corrected chi connectivity index (χ4v) is 14.5. The van der Waals surface area contributed by atoms with Crippen LogP contribution in [0.15, 0.2) is 0 Å². The predicted octanol–water partition coefficient (Wildman–Crippen LogP) is 25.1. The Balaban J connectivity index is 5.25. The Kier molecular flexibility index (Phi) is 73.1. The number of hydrogen-bond acceptors (Lipinski definition) is 15. The highest BCUT2D eigenvalue weighted by Gasteiger charge is 2.30. The standard InChI is InChI=1S/C83H162O17P2/c1-7-9-11-13-15-17-19-21-22-23-24-25-26-27-30-37-43-49-55-61-67-82(87)99-78(72-94-81(86)66-60-54-48-42-36-31-28-29-33-39-45-51-57-63-75(3)4)73-97-101(89,90)95-69-77(84)70-96-102(91,92)98-74-79(71-93-80(85)65-59-53-47-41-35-20-18-16-14-12-10-8-2)100-83(88)68-62-56-50-44-38-32-34-40-46-52-58-64-76(5)6/h75-79,84H,7-74H2,1-6H3,(H,89,90)(H,91,92)/t77-,78-,79-/m1/s1. The third kappa shape index (κ3) is 76.3. The second-order valence-electron chi connectivity index (χ2n) is 30.8. The van der Waals surface area contributed by atoms with Gasteiger partial charge in [-0.25, -0.2) is 9.13 Å². The molecule has 19 heteroatoms. The average Bonchev–Trinajstić information content (AvgIpc) is 0.920. The van der Waals surface area contributed by atoms with Crippen LogP contribution < -0.4 is 0 Å². The summed E-state index contributed by atoms with van der Waals surface area (Å²) in [4.78, 5) is 73.1. The molecule has 0 aromatic rings. The molecule has 0 saturated carbocycles. The number of aliphatic hydroxyl groups excluding tert-OH is 1. The number of hydrogen-bond donors (Lipinski definition) is 3. The smallest absolute Gasteiger partial charge is 0.462 e. The van der Waals surface area contributed by atoms with E-state index in [0.29, 0.717) is 25.7 Å². The molecule has 17 nitrogen and oxygen atoms in total. The van der Waals surface area contributed by atoms with Gasteiger partial charge in [-0.3, -0.25) is 37.3 Å². The Bertz CT molecular complexity index is 1960. The molecule has 0 aliphatic carbocycles. The van der Waals surface area contributed by atoms with Crippen LogP contribution in [0.4, 0.5) is 0 Å². The Morgan fingerprint density at radius 2 is 0.451 bits per heavy atom. The maximum atomic E-state index is 13.1. The molecule has 0 amide bonds. The van der Waals surface area contributed by atoms with Gasteiger partial charge in [-0.1, -0.05) is 388 Å². The van der Waals surface area contributed by atoms with Gasteiger partial charge in [0.25, 0.3) is 0 Å². The van der Waals surface area contributed by atoms with Crippen molar-refractivity contribution in [2.45, 2.75) is 458 Å². The number of unbranched alkanes of at least 4 members (excludes halogenated alkanes) is 52. The maximum Gasteiger partial charge on any atom is 0.472 e. The lowest BCUT2D eigenvalue weighted by Crippen LogP contribution is -2.30. The summed E-state index contributed by atoms with van der Waals surface area (Å²) < 4.78 is 68.8. The van der Waals surface area contributed by atoms with Gasteiger partial charge in [0.2, 0.25) is 0 Å². The highest BCUT2D eigenvalue weighted by molar-refractivity contribution is 7.47. The van der Waals surface area contributed by atoms with Gasteiger partial charge < -0.3 is 33.8 Å². The van der Waals surface area contributed by atoms with E-state index in [4.69, 9.17) is 37.0 Å². The van der Waals surface area contributed by atoms with Crippen molar-refractivity contribution in [1.82, 2.24) is 0 Å². The van der Waals surface area contributed by atoms with Crippen molar-refractivity contribution in [3.63, 3.8) is 0 Å². The molecule has 0 aromatic carbocycles. The first kappa shape index (κ1) is 100. The van der Waals surface area contributed by atoms with Crippen molar-refractivity contribution in [3.8, 4) is 0 Å². The Morgan fingerprint density at radius 3 is 0.667 bits per heavy atom. The first-order valence-corrected chi connectivity index (χ1v) is 46.0. The summed E-state index contributed by atoms with van der Waals surface area (Å²) in [6.07, 6.45) is 65.1. The number of phosphoric acid groups is 2. The molecular weight excluding hydrogens is 1330 g/mol. The summed E-state index contributed by atoms with van der Waals surface area (Å²) in [5, 5.41) is 10.7. The van der Waals surface area contributed by atoms with E-state index >= 15 is 0 Å². The maximum absolute atomic E-state index is 13.1. The molecule has 0 heterocycles. The van der Waals surface area contributed by atoms with E-state index in [0.717, 1.165) is 102 Å². The fraction of sp³-hybridized carbons (Fsp3) is 0.952. The molecule has 0 radical (unpaired) electrons. The van der Waals surface area contributed by atoms with Gasteiger partial charge in [0.1, 0.15) is 19.3 Å². The number of esters is 4. The van der Waals surface area contributed by atoms with Gasteiger partial charge in [0.05, 0.1) is 26.4 Å². The van der Waals surface area contributed by atoms with E-state index in [1.54, 1.807) is 0 Å². The summed E-state index contributed by atoms with van der Waals surface area (Å²) in [6.45, 7) is 9.67. The second kappa shape index (κ2) is 74.5. The molecule has 0 rings (SSSR count). The van der Waals surface area contributed by atoms with Crippen LogP contribution in [0.3, 0.4) is 0 Å². The molecule has 606 valence electrons. The Morgan fingerprint density at radius 1 is 0.265 bits per heavy atom. The molecule has 3 N–H and O–H groups in total. The zero-order valence-electron chi connectivity index (χ0n) is 66.9. The van der Waals surface area contributed by atoms with Gasteiger partial charge in [-0.2, -0.15) is 0 Å². The van der Waals surface area contributed by atoms with E-state index in [1.165, 1.54) is 257 Å². The largest absolute Gasteiger partial charge is 0.472 e. The zero-order chi connectivity index (χ0) is 74.9. The molecule has 0 bridgehead atoms. The Hall–Kier alpha value is -1.94. The van der Waals surface area contributed by atoms with Gasteiger partial charge >= 0.3 is 39.5 Å². The lowest BCUT2D eigenvalue weighted by Gasteiger charge is -2.21. The zero-order valence-corrected chi connectivity index (χ0v) is 68.7. The first-order valence-electron chi connectivity index (χ1n) is 43.0. The molecule has 0 fully saturated rings. The van der Waals surface area contributed by atoms with Gasteiger partial charge in [0, 0.05) is 25.7 Å². The van der Waals surface area contributed by atoms with Crippen LogP contribution in [0.2, 0.25) is 0 Å². The SMILES string of the molecule is CCCCCCCCCCCCCCCCCCCCCCC(=O)O[C@H](COC(=O)CCCCCCCCCCCCCCCC(C)C)COP(=O)(O)OC[C@@H](O)COP(=O)(O)OC[C@@H](COC(=O)CCCCCCCCCCCCCC)OC(=O)CCCCCCCCCCCCCC(C)C. The van der Waals surface area contributed by atoms with Crippen molar-refractivity contribution in [2.75, 3.05) is 39.6 Å². The quantitative estimate of drug-likeness (QED) is 0.0222. The third-order valence-electron chi connectivity index (χ3n) is 19.5. The van der Waals surface area contributed by atoms with Crippen LogP contribution in [0.5, 0.6) is 0 Å².